The van der Waals surface area contributed by atoms with Crippen LogP contribution in [0.5, 0.6) is 0 Å². The summed E-state index contributed by atoms with van der Waals surface area (Å²) in [6.07, 6.45) is 53.8. The SMILES string of the molecule is CCCC/C=C\C/C=C\CCCCCCCCC(CCCCCCCC/C=C\C/C=C\CCCCC)N(C)CCCN(C)C. The summed E-state index contributed by atoms with van der Waals surface area (Å²) < 4.78 is 0. The molecule has 0 aromatic rings. The van der Waals surface area contributed by atoms with Gasteiger partial charge in [0.15, 0.2) is 0 Å². The van der Waals surface area contributed by atoms with Gasteiger partial charge in [-0.05, 0) is 111 Å². The summed E-state index contributed by atoms with van der Waals surface area (Å²) in [5.41, 5.74) is 0. The monoisotopic (exact) mass is 613 g/mol. The van der Waals surface area contributed by atoms with E-state index < -0.39 is 0 Å². The molecule has 0 amide bonds. The highest BCUT2D eigenvalue weighted by Gasteiger charge is 2.14. The number of allylic oxidation sites excluding steroid dienone is 8. The van der Waals surface area contributed by atoms with Crippen LogP contribution in [0.15, 0.2) is 48.6 Å². The zero-order chi connectivity index (χ0) is 32.2. The second-order valence-electron chi connectivity index (χ2n) is 13.7. The highest BCUT2D eigenvalue weighted by molar-refractivity contribution is 4.93. The van der Waals surface area contributed by atoms with E-state index in [9.17, 15) is 0 Å². The van der Waals surface area contributed by atoms with E-state index in [0.29, 0.717) is 0 Å². The predicted molar refractivity (Wildman–Crippen MR) is 203 cm³/mol. The smallest absolute Gasteiger partial charge is 0.00922 e. The molecule has 1 unspecified atom stereocenters. The lowest BCUT2D eigenvalue weighted by Gasteiger charge is -2.29. The average Bonchev–Trinajstić information content (AvgIpc) is 3.01. The van der Waals surface area contributed by atoms with E-state index >= 15 is 0 Å². The number of hydrogen-bond donors (Lipinski definition) is 0. The van der Waals surface area contributed by atoms with Gasteiger partial charge in [0.1, 0.15) is 0 Å². The van der Waals surface area contributed by atoms with Crippen molar-refractivity contribution in [2.45, 2.75) is 187 Å². The molecule has 0 fully saturated rings. The number of hydrogen-bond acceptors (Lipinski definition) is 2. The van der Waals surface area contributed by atoms with Crippen molar-refractivity contribution in [2.75, 3.05) is 34.2 Å². The van der Waals surface area contributed by atoms with Gasteiger partial charge in [-0.1, -0.05) is 152 Å². The quantitative estimate of drug-likeness (QED) is 0.0527. The molecular formula is C42H80N2. The van der Waals surface area contributed by atoms with Crippen LogP contribution in [0, 0.1) is 0 Å². The number of rotatable bonds is 34. The summed E-state index contributed by atoms with van der Waals surface area (Å²) in [6.45, 7) is 6.98. The third-order valence-electron chi connectivity index (χ3n) is 8.97. The van der Waals surface area contributed by atoms with Crippen LogP contribution in [0.1, 0.15) is 181 Å². The van der Waals surface area contributed by atoms with E-state index in [-0.39, 0.29) is 0 Å². The molecule has 0 N–H and O–H groups in total. The van der Waals surface area contributed by atoms with Gasteiger partial charge < -0.3 is 9.80 Å². The Labute approximate surface area is 278 Å². The van der Waals surface area contributed by atoms with E-state index in [1.54, 1.807) is 0 Å². The Morgan fingerprint density at radius 1 is 0.386 bits per heavy atom. The van der Waals surface area contributed by atoms with Gasteiger partial charge in [0.05, 0.1) is 0 Å². The molecule has 2 heteroatoms. The Balaban J connectivity index is 3.97. The highest BCUT2D eigenvalue weighted by atomic mass is 15.1. The first-order valence-electron chi connectivity index (χ1n) is 19.6. The zero-order valence-corrected chi connectivity index (χ0v) is 30.9. The molecule has 0 radical (unpaired) electrons. The van der Waals surface area contributed by atoms with Gasteiger partial charge in [-0.3, -0.25) is 0 Å². The van der Waals surface area contributed by atoms with E-state index in [4.69, 9.17) is 0 Å². The van der Waals surface area contributed by atoms with Gasteiger partial charge in [0.25, 0.3) is 0 Å². The molecule has 2 nitrogen and oxygen atoms in total. The lowest BCUT2D eigenvalue weighted by Crippen LogP contribution is -2.34. The van der Waals surface area contributed by atoms with Crippen LogP contribution < -0.4 is 0 Å². The Hall–Kier alpha value is -1.12. The molecular weight excluding hydrogens is 532 g/mol. The first-order chi connectivity index (χ1) is 21.6. The van der Waals surface area contributed by atoms with Gasteiger partial charge in [0, 0.05) is 6.04 Å². The van der Waals surface area contributed by atoms with Crippen LogP contribution in [0.4, 0.5) is 0 Å². The molecule has 44 heavy (non-hydrogen) atoms. The van der Waals surface area contributed by atoms with Crippen molar-refractivity contribution in [2.24, 2.45) is 0 Å². The van der Waals surface area contributed by atoms with Crippen molar-refractivity contribution >= 4 is 0 Å². The molecule has 0 saturated carbocycles. The minimum Gasteiger partial charge on any atom is -0.309 e. The third kappa shape index (κ3) is 33.8. The van der Waals surface area contributed by atoms with Crippen LogP contribution in [0.25, 0.3) is 0 Å². The fraction of sp³-hybridized carbons (Fsp3) is 0.810. The van der Waals surface area contributed by atoms with Crippen molar-refractivity contribution in [1.29, 1.82) is 0 Å². The Morgan fingerprint density at radius 3 is 1.20 bits per heavy atom. The Morgan fingerprint density at radius 2 is 0.773 bits per heavy atom. The second-order valence-corrected chi connectivity index (χ2v) is 13.7. The molecule has 1 atom stereocenters. The summed E-state index contributed by atoms with van der Waals surface area (Å²) in [6, 6.07) is 0.782. The van der Waals surface area contributed by atoms with Crippen molar-refractivity contribution in [1.82, 2.24) is 9.80 Å². The van der Waals surface area contributed by atoms with Crippen LogP contribution in [0.2, 0.25) is 0 Å². The van der Waals surface area contributed by atoms with Crippen LogP contribution >= 0.6 is 0 Å². The van der Waals surface area contributed by atoms with E-state index in [1.807, 2.05) is 0 Å². The molecule has 0 aliphatic carbocycles. The first-order valence-corrected chi connectivity index (χ1v) is 19.6. The minimum absolute atomic E-state index is 0.782. The summed E-state index contributed by atoms with van der Waals surface area (Å²) in [7, 11) is 6.79. The van der Waals surface area contributed by atoms with Crippen molar-refractivity contribution in [3.63, 3.8) is 0 Å². The summed E-state index contributed by atoms with van der Waals surface area (Å²) in [5, 5.41) is 0. The lowest BCUT2D eigenvalue weighted by molar-refractivity contribution is 0.200. The summed E-state index contributed by atoms with van der Waals surface area (Å²) >= 11 is 0. The van der Waals surface area contributed by atoms with E-state index in [0.717, 1.165) is 18.9 Å². The highest BCUT2D eigenvalue weighted by Crippen LogP contribution is 2.19. The second kappa shape index (κ2) is 36.3. The first kappa shape index (κ1) is 42.9. The summed E-state index contributed by atoms with van der Waals surface area (Å²) in [5.74, 6) is 0. The maximum Gasteiger partial charge on any atom is 0.00922 e. The Kier molecular flexibility index (Phi) is 35.4. The fourth-order valence-corrected chi connectivity index (χ4v) is 5.95. The standard InChI is InChI=1S/C42H80N2/c1-6-8-10-12-14-16-18-20-22-24-26-28-30-32-34-36-39-42(44(5)41-37-40-43(3)4)38-35-33-31-29-27-25-23-21-19-17-15-13-11-9-7-2/h13-16,19-22,42H,6-12,17-18,23-41H2,1-5H3/b15-13-,16-14-,21-19-,22-20-. The molecule has 0 aromatic carbocycles. The van der Waals surface area contributed by atoms with Gasteiger partial charge in [-0.2, -0.15) is 0 Å². The maximum atomic E-state index is 2.70. The maximum absolute atomic E-state index is 2.70. The topological polar surface area (TPSA) is 6.48 Å². The molecule has 0 aliphatic rings. The van der Waals surface area contributed by atoms with Crippen LogP contribution in [-0.4, -0.2) is 50.1 Å². The minimum atomic E-state index is 0.782. The van der Waals surface area contributed by atoms with Crippen LogP contribution in [0.3, 0.4) is 0 Å². The van der Waals surface area contributed by atoms with E-state index in [2.05, 4.69) is 93.4 Å². The van der Waals surface area contributed by atoms with Gasteiger partial charge in [-0.25, -0.2) is 0 Å². The molecule has 258 valence electrons. The van der Waals surface area contributed by atoms with Crippen molar-refractivity contribution in [3.05, 3.63) is 48.6 Å². The molecule has 0 bridgehead atoms. The van der Waals surface area contributed by atoms with Crippen molar-refractivity contribution < 1.29 is 0 Å². The fourth-order valence-electron chi connectivity index (χ4n) is 5.95. The molecule has 0 rings (SSSR count). The molecule has 0 saturated heterocycles. The predicted octanol–water partition coefficient (Wildman–Crippen LogP) is 13.3. The third-order valence-corrected chi connectivity index (χ3v) is 8.97. The normalized spacial score (nSPS) is 13.3. The van der Waals surface area contributed by atoms with Crippen molar-refractivity contribution in [3.8, 4) is 0 Å². The van der Waals surface area contributed by atoms with Crippen LogP contribution in [-0.2, 0) is 0 Å². The van der Waals surface area contributed by atoms with Gasteiger partial charge in [0.2, 0.25) is 0 Å². The van der Waals surface area contributed by atoms with E-state index in [1.165, 1.54) is 167 Å². The molecule has 0 aromatic heterocycles. The van der Waals surface area contributed by atoms with Gasteiger partial charge >= 0.3 is 0 Å². The average molecular weight is 613 g/mol. The molecule has 0 heterocycles. The molecule has 0 aliphatic heterocycles. The number of unbranched alkanes of at least 4 members (excludes halogenated alkanes) is 17. The Bertz CT molecular complexity index is 659. The largest absolute Gasteiger partial charge is 0.309 e. The number of nitrogens with zero attached hydrogens (tertiary/aromatic N) is 2. The lowest BCUT2D eigenvalue weighted by atomic mass is 9.98. The zero-order valence-electron chi connectivity index (χ0n) is 30.9. The molecule has 0 spiro atoms. The van der Waals surface area contributed by atoms with Gasteiger partial charge in [-0.15, -0.1) is 0 Å². The summed E-state index contributed by atoms with van der Waals surface area (Å²) in [4.78, 5) is 5.02.